The Bertz CT molecular complexity index is 1020. The number of esters is 1. The van der Waals surface area contributed by atoms with Crippen LogP contribution >= 0.6 is 12.2 Å². The Morgan fingerprint density at radius 2 is 1.43 bits per heavy atom. The second-order valence-electron chi connectivity index (χ2n) is 6.56. The van der Waals surface area contributed by atoms with Crippen LogP contribution in [-0.2, 0) is 4.74 Å². The van der Waals surface area contributed by atoms with Gasteiger partial charge in [0.1, 0.15) is 0 Å². The van der Waals surface area contributed by atoms with Crippen molar-refractivity contribution in [1.29, 1.82) is 0 Å². The number of rotatable bonds is 6. The van der Waals surface area contributed by atoms with Gasteiger partial charge in [0, 0.05) is 11.3 Å². The largest absolute Gasteiger partial charge is 0.462 e. The van der Waals surface area contributed by atoms with Crippen LogP contribution in [0.25, 0.3) is 11.1 Å². The number of nitrogens with one attached hydrogen (secondary N) is 2. The van der Waals surface area contributed by atoms with Crippen molar-refractivity contribution in [3.63, 3.8) is 0 Å². The topological polar surface area (TPSA) is 67.4 Å². The number of carbonyl (C=O) groups excluding carboxylic acids is 2. The van der Waals surface area contributed by atoms with Crippen LogP contribution in [0.2, 0.25) is 0 Å². The summed E-state index contributed by atoms with van der Waals surface area (Å²) in [5, 5.41) is 5.77. The summed E-state index contributed by atoms with van der Waals surface area (Å²) in [5.41, 5.74) is 3.75. The lowest BCUT2D eigenvalue weighted by atomic mass is 10.0. The molecule has 0 aliphatic heterocycles. The predicted octanol–water partition coefficient (Wildman–Crippen LogP) is 5.05. The van der Waals surface area contributed by atoms with Crippen molar-refractivity contribution >= 4 is 34.9 Å². The van der Waals surface area contributed by atoms with E-state index in [0.29, 0.717) is 23.4 Å². The lowest BCUT2D eigenvalue weighted by Crippen LogP contribution is -2.34. The highest BCUT2D eigenvalue weighted by molar-refractivity contribution is 7.80. The van der Waals surface area contributed by atoms with Gasteiger partial charge in [0.2, 0.25) is 0 Å². The first-order valence-corrected chi connectivity index (χ1v) is 10.0. The Hall–Kier alpha value is -3.51. The van der Waals surface area contributed by atoms with Crippen molar-refractivity contribution < 1.29 is 14.3 Å². The smallest absolute Gasteiger partial charge is 0.338 e. The predicted molar refractivity (Wildman–Crippen MR) is 123 cm³/mol. The van der Waals surface area contributed by atoms with Crippen molar-refractivity contribution in [2.45, 2.75) is 13.3 Å². The molecule has 0 spiro atoms. The number of hydrogen-bond donors (Lipinski definition) is 2. The van der Waals surface area contributed by atoms with Gasteiger partial charge >= 0.3 is 5.97 Å². The van der Waals surface area contributed by atoms with Crippen LogP contribution in [0, 0.1) is 0 Å². The number of thiocarbonyl (C=S) groups is 1. The Kier molecular flexibility index (Phi) is 7.29. The van der Waals surface area contributed by atoms with Crippen molar-refractivity contribution in [1.82, 2.24) is 5.32 Å². The van der Waals surface area contributed by atoms with Gasteiger partial charge in [-0.1, -0.05) is 49.4 Å². The minimum Gasteiger partial charge on any atom is -0.462 e. The molecular formula is C24H22N2O3S. The maximum Gasteiger partial charge on any atom is 0.338 e. The average molecular weight is 419 g/mol. The molecule has 3 aromatic rings. The molecule has 0 saturated carbocycles. The van der Waals surface area contributed by atoms with E-state index in [1.165, 1.54) is 0 Å². The third-order valence-corrected chi connectivity index (χ3v) is 4.50. The Labute approximate surface area is 181 Å². The molecule has 0 atom stereocenters. The first-order chi connectivity index (χ1) is 14.6. The summed E-state index contributed by atoms with van der Waals surface area (Å²) in [4.78, 5) is 24.3. The molecule has 1 amide bonds. The molecular weight excluding hydrogens is 396 g/mol. The normalized spacial score (nSPS) is 10.2. The number of carbonyl (C=O) groups is 2. The summed E-state index contributed by atoms with van der Waals surface area (Å²) in [6, 6.07) is 24.0. The van der Waals surface area contributed by atoms with E-state index >= 15 is 0 Å². The number of anilines is 1. The van der Waals surface area contributed by atoms with Gasteiger partial charge in [0.25, 0.3) is 5.91 Å². The zero-order chi connectivity index (χ0) is 21.3. The molecule has 0 fully saturated rings. The van der Waals surface area contributed by atoms with Crippen molar-refractivity contribution in [3.05, 3.63) is 90.0 Å². The fourth-order valence-corrected chi connectivity index (χ4v) is 2.96. The van der Waals surface area contributed by atoms with Crippen molar-refractivity contribution in [2.75, 3.05) is 11.9 Å². The van der Waals surface area contributed by atoms with Crippen molar-refractivity contribution in [3.8, 4) is 11.1 Å². The van der Waals surface area contributed by atoms with Crippen LogP contribution in [0.1, 0.15) is 34.1 Å². The minimum absolute atomic E-state index is 0.174. The molecule has 152 valence electrons. The molecule has 5 nitrogen and oxygen atoms in total. The molecule has 0 aliphatic carbocycles. The molecule has 0 heterocycles. The SMILES string of the molecule is CCCOC(=O)c1ccc(NC(=S)NC(=O)c2ccc(-c3ccccc3)cc2)cc1. The van der Waals surface area contributed by atoms with E-state index in [0.717, 1.165) is 17.5 Å². The highest BCUT2D eigenvalue weighted by Crippen LogP contribution is 2.19. The molecule has 0 aliphatic rings. The average Bonchev–Trinajstić information content (AvgIpc) is 2.78. The maximum atomic E-state index is 12.4. The maximum absolute atomic E-state index is 12.4. The molecule has 30 heavy (non-hydrogen) atoms. The highest BCUT2D eigenvalue weighted by Gasteiger charge is 2.10. The van der Waals surface area contributed by atoms with Crippen LogP contribution in [0.4, 0.5) is 5.69 Å². The van der Waals surface area contributed by atoms with E-state index in [-0.39, 0.29) is 17.0 Å². The summed E-state index contributed by atoms with van der Waals surface area (Å²) in [7, 11) is 0. The van der Waals surface area contributed by atoms with Gasteiger partial charge in [0.15, 0.2) is 5.11 Å². The monoisotopic (exact) mass is 418 g/mol. The zero-order valence-corrected chi connectivity index (χ0v) is 17.4. The fourth-order valence-electron chi connectivity index (χ4n) is 2.75. The van der Waals surface area contributed by atoms with Gasteiger partial charge in [-0.25, -0.2) is 4.79 Å². The first-order valence-electron chi connectivity index (χ1n) is 9.62. The number of hydrogen-bond acceptors (Lipinski definition) is 4. The van der Waals surface area contributed by atoms with E-state index in [4.69, 9.17) is 17.0 Å². The standard InChI is InChI=1S/C24H22N2O3S/c1-2-16-29-23(28)20-12-14-21(15-13-20)25-24(30)26-22(27)19-10-8-18(9-11-19)17-6-4-3-5-7-17/h3-15H,2,16H2,1H3,(H2,25,26,27,30). The number of amides is 1. The second-order valence-corrected chi connectivity index (χ2v) is 6.97. The highest BCUT2D eigenvalue weighted by atomic mass is 32.1. The van der Waals surface area contributed by atoms with Gasteiger partial charge in [-0.05, 0) is 66.2 Å². The number of benzene rings is 3. The molecule has 3 rings (SSSR count). The summed E-state index contributed by atoms with van der Waals surface area (Å²) in [5.74, 6) is -0.662. The quantitative estimate of drug-likeness (QED) is 0.433. The summed E-state index contributed by atoms with van der Waals surface area (Å²) >= 11 is 5.22. The van der Waals surface area contributed by atoms with Crippen LogP contribution < -0.4 is 10.6 Å². The van der Waals surface area contributed by atoms with Gasteiger partial charge in [-0.2, -0.15) is 0 Å². The second kappa shape index (κ2) is 10.3. The molecule has 0 saturated heterocycles. The Morgan fingerprint density at radius 1 is 0.833 bits per heavy atom. The van der Waals surface area contributed by atoms with Crippen LogP contribution in [-0.4, -0.2) is 23.6 Å². The van der Waals surface area contributed by atoms with E-state index in [1.807, 2.05) is 49.4 Å². The van der Waals surface area contributed by atoms with Crippen LogP contribution in [0.15, 0.2) is 78.9 Å². The lowest BCUT2D eigenvalue weighted by molar-refractivity contribution is 0.0505. The molecule has 2 N–H and O–H groups in total. The van der Waals surface area contributed by atoms with E-state index < -0.39 is 0 Å². The van der Waals surface area contributed by atoms with Crippen LogP contribution in [0.5, 0.6) is 0 Å². The summed E-state index contributed by atoms with van der Waals surface area (Å²) < 4.78 is 5.09. The first kappa shape index (κ1) is 21.2. The number of ether oxygens (including phenoxy) is 1. The Balaban J connectivity index is 1.55. The third kappa shape index (κ3) is 5.75. The van der Waals surface area contributed by atoms with Crippen molar-refractivity contribution in [2.24, 2.45) is 0 Å². The molecule has 0 unspecified atom stereocenters. The van der Waals surface area contributed by atoms with Gasteiger partial charge in [-0.15, -0.1) is 0 Å². The molecule has 3 aromatic carbocycles. The van der Waals surface area contributed by atoms with Gasteiger partial charge in [0.05, 0.1) is 12.2 Å². The van der Waals surface area contributed by atoms with Gasteiger partial charge in [-0.3, -0.25) is 10.1 Å². The van der Waals surface area contributed by atoms with E-state index in [9.17, 15) is 9.59 Å². The molecule has 6 heteroatoms. The summed E-state index contributed by atoms with van der Waals surface area (Å²) in [6.45, 7) is 2.33. The lowest BCUT2D eigenvalue weighted by Gasteiger charge is -2.10. The molecule has 0 aromatic heterocycles. The fraction of sp³-hybridized carbons (Fsp3) is 0.125. The third-order valence-electron chi connectivity index (χ3n) is 4.30. The van der Waals surface area contributed by atoms with E-state index in [2.05, 4.69) is 10.6 Å². The molecule has 0 bridgehead atoms. The molecule has 0 radical (unpaired) electrons. The van der Waals surface area contributed by atoms with Crippen LogP contribution in [0.3, 0.4) is 0 Å². The minimum atomic E-state index is -0.363. The van der Waals surface area contributed by atoms with E-state index in [1.54, 1.807) is 36.4 Å². The summed E-state index contributed by atoms with van der Waals surface area (Å²) in [6.07, 6.45) is 0.772. The van der Waals surface area contributed by atoms with Gasteiger partial charge < -0.3 is 10.1 Å². The Morgan fingerprint density at radius 3 is 2.07 bits per heavy atom. The zero-order valence-electron chi connectivity index (χ0n) is 16.6.